The first-order valence-electron chi connectivity index (χ1n) is 8.50. The maximum atomic E-state index is 9.50. The number of para-hydroxylation sites is 1. The lowest BCUT2D eigenvalue weighted by Crippen LogP contribution is -2.08. The number of hydrogen-bond acceptors (Lipinski definition) is 3. The highest BCUT2D eigenvalue weighted by Crippen LogP contribution is 2.40. The predicted octanol–water partition coefficient (Wildman–Crippen LogP) is 5.47. The van der Waals surface area contributed by atoms with Crippen LogP contribution in [0, 0.1) is 11.3 Å². The van der Waals surface area contributed by atoms with Crippen molar-refractivity contribution in [1.29, 1.82) is 5.26 Å². The van der Waals surface area contributed by atoms with E-state index in [-0.39, 0.29) is 0 Å². The summed E-state index contributed by atoms with van der Waals surface area (Å²) in [6.45, 7) is 0.864. The molecular weight excluding hydrogens is 367 g/mol. The molecule has 0 saturated carbocycles. The van der Waals surface area contributed by atoms with Gasteiger partial charge in [-0.15, -0.1) is 0 Å². The van der Waals surface area contributed by atoms with E-state index in [4.69, 9.17) is 28.3 Å². The summed E-state index contributed by atoms with van der Waals surface area (Å²) in [5.41, 5.74) is 3.92. The molecule has 0 radical (unpaired) electrons. The van der Waals surface area contributed by atoms with Crippen molar-refractivity contribution in [3.8, 4) is 23.0 Å². The Morgan fingerprint density at radius 1 is 1.04 bits per heavy atom. The van der Waals surface area contributed by atoms with Gasteiger partial charge in [0.1, 0.15) is 17.6 Å². The van der Waals surface area contributed by atoms with E-state index in [2.05, 4.69) is 11.4 Å². The average molecular weight is 383 g/mol. The second-order valence-corrected chi connectivity index (χ2v) is 7.01. The van der Waals surface area contributed by atoms with Gasteiger partial charge in [0.15, 0.2) is 0 Å². The number of benzene rings is 2. The fraction of sp³-hybridized carbons (Fsp3) is 0.200. The van der Waals surface area contributed by atoms with Crippen LogP contribution in [-0.4, -0.2) is 16.3 Å². The van der Waals surface area contributed by atoms with Gasteiger partial charge in [-0.05, 0) is 43.5 Å². The second-order valence-electron chi connectivity index (χ2n) is 6.20. The minimum Gasteiger partial charge on any atom is -0.370 e. The average Bonchev–Trinajstić information content (AvgIpc) is 2.83. The summed E-state index contributed by atoms with van der Waals surface area (Å²) in [7, 11) is 0. The minimum absolute atomic E-state index is 0.570. The molecule has 0 atom stereocenters. The SMILES string of the molecule is N#Cc1ccccc1-n1nc(-c2c(Cl)cccc2Cl)c2c1NCCCC2. The van der Waals surface area contributed by atoms with Gasteiger partial charge in [-0.2, -0.15) is 10.4 Å². The highest BCUT2D eigenvalue weighted by atomic mass is 35.5. The largest absolute Gasteiger partial charge is 0.370 e. The number of rotatable bonds is 2. The van der Waals surface area contributed by atoms with E-state index in [1.54, 1.807) is 6.07 Å². The first kappa shape index (κ1) is 17.0. The van der Waals surface area contributed by atoms with Gasteiger partial charge in [-0.1, -0.05) is 41.4 Å². The summed E-state index contributed by atoms with van der Waals surface area (Å²) in [5, 5.41) is 19.0. The number of nitriles is 1. The lowest BCUT2D eigenvalue weighted by atomic mass is 10.0. The minimum atomic E-state index is 0.570. The molecule has 0 unspecified atom stereocenters. The zero-order chi connectivity index (χ0) is 18.1. The molecule has 26 heavy (non-hydrogen) atoms. The molecular formula is C20H16Cl2N4. The molecule has 4 nitrogen and oxygen atoms in total. The van der Waals surface area contributed by atoms with Crippen LogP contribution in [0.2, 0.25) is 10.0 Å². The Bertz CT molecular complexity index is 997. The second kappa shape index (κ2) is 7.03. The number of halogens is 2. The summed E-state index contributed by atoms with van der Waals surface area (Å²) in [5.74, 6) is 0.913. The molecule has 2 aromatic carbocycles. The summed E-state index contributed by atoms with van der Waals surface area (Å²) in [6, 6.07) is 15.2. The fourth-order valence-electron chi connectivity index (χ4n) is 3.35. The van der Waals surface area contributed by atoms with Crippen LogP contribution in [0.5, 0.6) is 0 Å². The van der Waals surface area contributed by atoms with Crippen molar-refractivity contribution in [2.24, 2.45) is 0 Å². The highest BCUT2D eigenvalue weighted by molar-refractivity contribution is 6.39. The summed E-state index contributed by atoms with van der Waals surface area (Å²) in [4.78, 5) is 0. The van der Waals surface area contributed by atoms with Crippen LogP contribution in [0.4, 0.5) is 5.82 Å². The van der Waals surface area contributed by atoms with Crippen molar-refractivity contribution >= 4 is 29.0 Å². The molecule has 0 aliphatic carbocycles. The predicted molar refractivity (Wildman–Crippen MR) is 105 cm³/mol. The van der Waals surface area contributed by atoms with Crippen LogP contribution in [0.15, 0.2) is 42.5 Å². The molecule has 0 amide bonds. The molecule has 0 spiro atoms. The topological polar surface area (TPSA) is 53.6 Å². The van der Waals surface area contributed by atoms with Crippen molar-refractivity contribution in [3.63, 3.8) is 0 Å². The lowest BCUT2D eigenvalue weighted by Gasteiger charge is -2.10. The van der Waals surface area contributed by atoms with Crippen LogP contribution in [0.25, 0.3) is 16.9 Å². The number of nitrogens with one attached hydrogen (secondary N) is 1. The fourth-order valence-corrected chi connectivity index (χ4v) is 3.93. The van der Waals surface area contributed by atoms with E-state index < -0.39 is 0 Å². The van der Waals surface area contributed by atoms with Gasteiger partial charge in [0.2, 0.25) is 0 Å². The van der Waals surface area contributed by atoms with Crippen LogP contribution < -0.4 is 5.32 Å². The Labute approximate surface area is 162 Å². The molecule has 3 aromatic rings. The molecule has 1 aliphatic heterocycles. The molecule has 1 N–H and O–H groups in total. The molecule has 0 bridgehead atoms. The van der Waals surface area contributed by atoms with Crippen molar-refractivity contribution < 1.29 is 0 Å². The molecule has 4 rings (SSSR count). The van der Waals surface area contributed by atoms with E-state index in [0.29, 0.717) is 15.6 Å². The number of aromatic nitrogens is 2. The van der Waals surface area contributed by atoms with E-state index in [1.165, 1.54) is 0 Å². The van der Waals surface area contributed by atoms with Gasteiger partial charge in [-0.3, -0.25) is 0 Å². The molecule has 130 valence electrons. The van der Waals surface area contributed by atoms with Gasteiger partial charge in [0.05, 0.1) is 21.3 Å². The molecule has 0 saturated heterocycles. The molecule has 1 aromatic heterocycles. The Kier molecular flexibility index (Phi) is 4.58. The summed E-state index contributed by atoms with van der Waals surface area (Å²) >= 11 is 12.9. The van der Waals surface area contributed by atoms with Crippen LogP contribution in [0.3, 0.4) is 0 Å². The number of nitrogens with zero attached hydrogens (tertiary/aromatic N) is 3. The third-order valence-corrected chi connectivity index (χ3v) is 5.21. The molecule has 0 fully saturated rings. The van der Waals surface area contributed by atoms with Gasteiger partial charge in [-0.25, -0.2) is 4.68 Å². The lowest BCUT2D eigenvalue weighted by molar-refractivity contribution is 0.780. The highest BCUT2D eigenvalue weighted by Gasteiger charge is 2.25. The summed E-state index contributed by atoms with van der Waals surface area (Å²) in [6.07, 6.45) is 3.01. The first-order chi connectivity index (χ1) is 12.7. The van der Waals surface area contributed by atoms with Gasteiger partial charge in [0, 0.05) is 17.7 Å². The van der Waals surface area contributed by atoms with Crippen molar-refractivity contribution in [1.82, 2.24) is 9.78 Å². The normalized spacial score (nSPS) is 13.4. The summed E-state index contributed by atoms with van der Waals surface area (Å²) < 4.78 is 1.81. The number of hydrogen-bond donors (Lipinski definition) is 1. The molecule has 1 aliphatic rings. The Hall–Kier alpha value is -2.48. The Morgan fingerprint density at radius 2 is 1.81 bits per heavy atom. The standard InChI is InChI=1S/C20H16Cl2N4/c21-15-8-5-9-16(22)18(15)19-14-7-3-4-11-24-20(14)26(25-19)17-10-2-1-6-13(17)12-23/h1-2,5-6,8-10,24H,3-4,7,11H2. The number of anilines is 1. The third-order valence-electron chi connectivity index (χ3n) is 4.58. The van der Waals surface area contributed by atoms with Crippen molar-refractivity contribution in [3.05, 3.63) is 63.6 Å². The van der Waals surface area contributed by atoms with E-state index in [1.807, 2.05) is 41.1 Å². The zero-order valence-electron chi connectivity index (χ0n) is 14.0. The van der Waals surface area contributed by atoms with E-state index in [9.17, 15) is 5.26 Å². The molecule has 6 heteroatoms. The van der Waals surface area contributed by atoms with Gasteiger partial charge < -0.3 is 5.32 Å². The van der Waals surface area contributed by atoms with E-state index >= 15 is 0 Å². The van der Waals surface area contributed by atoms with Crippen LogP contribution >= 0.6 is 23.2 Å². The van der Waals surface area contributed by atoms with Gasteiger partial charge in [0.25, 0.3) is 0 Å². The Balaban J connectivity index is 2.01. The smallest absolute Gasteiger partial charge is 0.133 e. The van der Waals surface area contributed by atoms with E-state index in [0.717, 1.165) is 54.1 Å². The first-order valence-corrected chi connectivity index (χ1v) is 9.26. The monoisotopic (exact) mass is 382 g/mol. The molecule has 2 heterocycles. The zero-order valence-corrected chi connectivity index (χ0v) is 15.5. The van der Waals surface area contributed by atoms with Crippen molar-refractivity contribution in [2.45, 2.75) is 19.3 Å². The van der Waals surface area contributed by atoms with Crippen molar-refractivity contribution in [2.75, 3.05) is 11.9 Å². The van der Waals surface area contributed by atoms with Gasteiger partial charge >= 0.3 is 0 Å². The maximum absolute atomic E-state index is 9.50. The maximum Gasteiger partial charge on any atom is 0.133 e. The third kappa shape index (κ3) is 2.84. The Morgan fingerprint density at radius 3 is 2.58 bits per heavy atom. The van der Waals surface area contributed by atoms with Crippen LogP contribution in [0.1, 0.15) is 24.0 Å². The van der Waals surface area contributed by atoms with Crippen LogP contribution in [-0.2, 0) is 6.42 Å². The quantitative estimate of drug-likeness (QED) is 0.639. The number of fused-ring (bicyclic) bond motifs is 1.